The molecule has 11 heteroatoms. The Labute approximate surface area is 182 Å². The zero-order valence-corrected chi connectivity index (χ0v) is 17.6. The van der Waals surface area contributed by atoms with Crippen LogP contribution in [0.4, 0.5) is 13.2 Å². The predicted molar refractivity (Wildman–Crippen MR) is 107 cm³/mol. The van der Waals surface area contributed by atoms with E-state index in [-0.39, 0.29) is 67.3 Å². The van der Waals surface area contributed by atoms with Crippen molar-refractivity contribution in [2.75, 3.05) is 19.6 Å². The molecule has 0 radical (unpaired) electrons. The van der Waals surface area contributed by atoms with Crippen molar-refractivity contribution in [3.8, 4) is 11.4 Å². The second-order valence-corrected chi connectivity index (χ2v) is 8.47. The smallest absolute Gasteiger partial charge is 0.433 e. The molecular weight excluding hydrogens is 427 g/mol. The maximum absolute atomic E-state index is 13.6. The molecule has 0 aromatic carbocycles. The van der Waals surface area contributed by atoms with Gasteiger partial charge in [0, 0.05) is 44.1 Å². The van der Waals surface area contributed by atoms with E-state index in [1.54, 1.807) is 4.90 Å². The Kier molecular flexibility index (Phi) is 5.93. The van der Waals surface area contributed by atoms with Crippen molar-refractivity contribution in [3.05, 3.63) is 35.5 Å². The Morgan fingerprint density at radius 1 is 1.38 bits per heavy atom. The lowest BCUT2D eigenvalue weighted by molar-refractivity contribution is -0.142. The second-order valence-electron chi connectivity index (χ2n) is 8.47. The van der Waals surface area contributed by atoms with E-state index >= 15 is 0 Å². The van der Waals surface area contributed by atoms with Crippen LogP contribution in [0, 0.1) is 5.92 Å². The molecule has 2 aliphatic rings. The van der Waals surface area contributed by atoms with Crippen LogP contribution >= 0.6 is 0 Å². The van der Waals surface area contributed by atoms with Gasteiger partial charge >= 0.3 is 6.18 Å². The summed E-state index contributed by atoms with van der Waals surface area (Å²) in [5.41, 5.74) is 5.63. The highest BCUT2D eigenvalue weighted by Gasteiger charge is 2.39. The Morgan fingerprint density at radius 2 is 2.16 bits per heavy atom. The number of rotatable bonds is 5. The topological polar surface area (TPSA) is 106 Å². The van der Waals surface area contributed by atoms with Crippen molar-refractivity contribution in [2.24, 2.45) is 11.7 Å². The minimum Gasteiger partial charge on any atom is -0.472 e. The lowest BCUT2D eigenvalue weighted by Crippen LogP contribution is -2.44. The lowest BCUT2D eigenvalue weighted by Gasteiger charge is -2.31. The fourth-order valence-electron chi connectivity index (χ4n) is 4.25. The van der Waals surface area contributed by atoms with Crippen molar-refractivity contribution in [1.29, 1.82) is 0 Å². The van der Waals surface area contributed by atoms with Gasteiger partial charge in [0.25, 0.3) is 0 Å². The van der Waals surface area contributed by atoms with Crippen molar-refractivity contribution >= 4 is 11.8 Å². The van der Waals surface area contributed by atoms with Crippen LogP contribution < -0.4 is 5.73 Å². The van der Waals surface area contributed by atoms with E-state index in [1.807, 2.05) is 6.92 Å². The first-order valence-electron chi connectivity index (χ1n) is 10.4. The van der Waals surface area contributed by atoms with E-state index in [2.05, 4.69) is 9.97 Å². The van der Waals surface area contributed by atoms with Crippen LogP contribution in [-0.2, 0) is 28.7 Å². The normalized spacial score (nSPS) is 19.9. The SMILES string of the molecule is CC1CC(=O)N(CC(N)CC(=O)N2CCc3c(nc(-c4ccoc4)nc3C(F)(F)F)C2)C1. The first kappa shape index (κ1) is 22.3. The Morgan fingerprint density at radius 3 is 2.78 bits per heavy atom. The lowest BCUT2D eigenvalue weighted by atomic mass is 10.0. The zero-order chi connectivity index (χ0) is 23.0. The molecule has 2 amide bonds. The highest BCUT2D eigenvalue weighted by atomic mass is 19.4. The van der Waals surface area contributed by atoms with Gasteiger partial charge in [0.2, 0.25) is 11.8 Å². The fraction of sp³-hybridized carbons (Fsp3) is 0.524. The number of alkyl halides is 3. The molecule has 2 atom stereocenters. The van der Waals surface area contributed by atoms with Gasteiger partial charge in [-0.3, -0.25) is 9.59 Å². The van der Waals surface area contributed by atoms with Gasteiger partial charge in [0.05, 0.1) is 24.1 Å². The van der Waals surface area contributed by atoms with E-state index in [1.165, 1.54) is 23.5 Å². The molecular formula is C21H24F3N5O3. The van der Waals surface area contributed by atoms with Gasteiger partial charge in [-0.05, 0) is 18.4 Å². The molecule has 2 unspecified atom stereocenters. The molecule has 4 heterocycles. The van der Waals surface area contributed by atoms with Crippen LogP contribution in [0.25, 0.3) is 11.4 Å². The summed E-state index contributed by atoms with van der Waals surface area (Å²) in [6.07, 6.45) is -1.57. The van der Waals surface area contributed by atoms with Gasteiger partial charge in [-0.1, -0.05) is 6.92 Å². The Hall–Kier alpha value is -2.95. The van der Waals surface area contributed by atoms with Gasteiger partial charge in [-0.2, -0.15) is 13.2 Å². The second kappa shape index (κ2) is 8.53. The summed E-state index contributed by atoms with van der Waals surface area (Å²) < 4.78 is 45.8. The minimum absolute atomic E-state index is 0.000701. The van der Waals surface area contributed by atoms with E-state index < -0.39 is 17.9 Å². The van der Waals surface area contributed by atoms with Crippen LogP contribution in [0.15, 0.2) is 23.0 Å². The quantitative estimate of drug-likeness (QED) is 0.748. The van der Waals surface area contributed by atoms with Crippen molar-refractivity contribution < 1.29 is 27.2 Å². The predicted octanol–water partition coefficient (Wildman–Crippen LogP) is 2.23. The largest absolute Gasteiger partial charge is 0.472 e. The maximum Gasteiger partial charge on any atom is 0.433 e. The van der Waals surface area contributed by atoms with Gasteiger partial charge in [0.1, 0.15) is 6.26 Å². The van der Waals surface area contributed by atoms with E-state index in [4.69, 9.17) is 10.2 Å². The number of aromatic nitrogens is 2. The summed E-state index contributed by atoms with van der Waals surface area (Å²) in [5.74, 6) is -0.0937. The zero-order valence-electron chi connectivity index (χ0n) is 17.6. The van der Waals surface area contributed by atoms with Gasteiger partial charge in [-0.25, -0.2) is 9.97 Å². The number of hydrogen-bond acceptors (Lipinski definition) is 6. The van der Waals surface area contributed by atoms with Crippen LogP contribution in [-0.4, -0.2) is 57.3 Å². The van der Waals surface area contributed by atoms with Crippen LogP contribution in [0.3, 0.4) is 0 Å². The summed E-state index contributed by atoms with van der Waals surface area (Å²) in [6, 6.07) is 0.934. The number of carbonyl (C=O) groups excluding carboxylic acids is 2. The number of nitrogens with zero attached hydrogens (tertiary/aromatic N) is 4. The molecule has 4 rings (SSSR count). The Bertz CT molecular complexity index is 1010. The summed E-state index contributed by atoms with van der Waals surface area (Å²) in [5, 5.41) is 0. The number of fused-ring (bicyclic) bond motifs is 1. The fourth-order valence-corrected chi connectivity index (χ4v) is 4.25. The number of hydrogen-bond donors (Lipinski definition) is 1. The monoisotopic (exact) mass is 451 g/mol. The number of halogens is 3. The summed E-state index contributed by atoms with van der Waals surface area (Å²) >= 11 is 0. The van der Waals surface area contributed by atoms with E-state index in [0.717, 1.165) is 0 Å². The number of likely N-dealkylation sites (tertiary alicyclic amines) is 1. The molecule has 0 saturated carbocycles. The highest BCUT2D eigenvalue weighted by Crippen LogP contribution is 2.35. The van der Waals surface area contributed by atoms with Crippen LogP contribution in [0.5, 0.6) is 0 Å². The minimum atomic E-state index is -4.64. The van der Waals surface area contributed by atoms with Crippen molar-refractivity contribution in [2.45, 2.75) is 44.9 Å². The van der Waals surface area contributed by atoms with Gasteiger partial charge in [0.15, 0.2) is 11.5 Å². The highest BCUT2D eigenvalue weighted by molar-refractivity contribution is 5.79. The van der Waals surface area contributed by atoms with Crippen molar-refractivity contribution in [3.63, 3.8) is 0 Å². The Balaban J connectivity index is 1.49. The molecule has 2 aromatic rings. The average Bonchev–Trinajstić information content (AvgIpc) is 3.35. The van der Waals surface area contributed by atoms with E-state index in [9.17, 15) is 22.8 Å². The number of furan rings is 1. The van der Waals surface area contributed by atoms with Gasteiger partial charge < -0.3 is 20.0 Å². The molecule has 172 valence electrons. The molecule has 2 aromatic heterocycles. The molecule has 0 spiro atoms. The maximum atomic E-state index is 13.6. The van der Waals surface area contributed by atoms with Crippen LogP contribution in [0.1, 0.15) is 36.7 Å². The molecule has 1 fully saturated rings. The number of nitrogens with two attached hydrogens (primary N) is 1. The standard InChI is InChI=1S/C21H24F3N5O3/c1-12-6-17(30)29(8-12)9-14(25)7-18(31)28-4-2-15-16(10-28)26-20(13-3-5-32-11-13)27-19(15)21(22,23)24/h3,5,11-12,14H,2,4,6-10,25H2,1H3. The number of amides is 2. The molecule has 0 bridgehead atoms. The van der Waals surface area contributed by atoms with Crippen molar-refractivity contribution in [1.82, 2.24) is 19.8 Å². The van der Waals surface area contributed by atoms with Gasteiger partial charge in [-0.15, -0.1) is 0 Å². The summed E-state index contributed by atoms with van der Waals surface area (Å²) in [7, 11) is 0. The first-order valence-corrected chi connectivity index (χ1v) is 10.4. The first-order chi connectivity index (χ1) is 15.1. The molecule has 2 N–H and O–H groups in total. The third-order valence-corrected chi connectivity index (χ3v) is 5.77. The summed E-state index contributed by atoms with van der Waals surface area (Å²) in [4.78, 5) is 35.9. The molecule has 8 nitrogen and oxygen atoms in total. The number of carbonyl (C=O) groups is 2. The molecule has 0 aliphatic carbocycles. The molecule has 1 saturated heterocycles. The molecule has 32 heavy (non-hydrogen) atoms. The third-order valence-electron chi connectivity index (χ3n) is 5.77. The average molecular weight is 451 g/mol. The third kappa shape index (κ3) is 4.62. The molecule has 2 aliphatic heterocycles. The van der Waals surface area contributed by atoms with Crippen LogP contribution in [0.2, 0.25) is 0 Å². The van der Waals surface area contributed by atoms with E-state index in [0.29, 0.717) is 18.5 Å². The summed E-state index contributed by atoms with van der Waals surface area (Å²) in [6.45, 7) is 2.94.